The zero-order valence-electron chi connectivity index (χ0n) is 16.0. The Morgan fingerprint density at radius 3 is 2.62 bits per heavy atom. The molecule has 0 aliphatic heterocycles. The van der Waals surface area contributed by atoms with E-state index >= 15 is 0 Å². The number of pyridine rings is 1. The van der Waals surface area contributed by atoms with Gasteiger partial charge in [-0.1, -0.05) is 20.8 Å². The van der Waals surface area contributed by atoms with Crippen molar-refractivity contribution in [2.75, 3.05) is 0 Å². The van der Waals surface area contributed by atoms with Crippen molar-refractivity contribution in [1.29, 1.82) is 0 Å². The highest BCUT2D eigenvalue weighted by molar-refractivity contribution is 5.78. The van der Waals surface area contributed by atoms with Crippen LogP contribution < -0.4 is 10.5 Å². The molecule has 26 heavy (non-hydrogen) atoms. The SMILES string of the molecule is CC(C)C[C@H](N)[C@](O)(Cc1cc(O[C@H]2CC[C@@H](C)CC2)ccn1)C(=O)O. The van der Waals surface area contributed by atoms with E-state index in [4.69, 9.17) is 10.5 Å². The molecule has 146 valence electrons. The summed E-state index contributed by atoms with van der Waals surface area (Å²) in [6, 6.07) is 2.62. The summed E-state index contributed by atoms with van der Waals surface area (Å²) in [6.07, 6.45) is 6.41. The molecule has 0 saturated heterocycles. The Balaban J connectivity index is 2.08. The lowest BCUT2D eigenvalue weighted by atomic mass is 9.84. The molecule has 0 aromatic carbocycles. The summed E-state index contributed by atoms with van der Waals surface area (Å²) in [4.78, 5) is 15.9. The second-order valence-electron chi connectivity index (χ2n) is 8.12. The summed E-state index contributed by atoms with van der Waals surface area (Å²) >= 11 is 0. The molecule has 1 heterocycles. The number of carbonyl (C=O) groups is 1. The average Bonchev–Trinajstić information content (AvgIpc) is 2.56. The minimum atomic E-state index is -2.05. The van der Waals surface area contributed by atoms with Crippen molar-refractivity contribution < 1.29 is 19.7 Å². The van der Waals surface area contributed by atoms with Gasteiger partial charge in [0.15, 0.2) is 5.60 Å². The van der Waals surface area contributed by atoms with Crippen LogP contribution in [-0.2, 0) is 11.2 Å². The van der Waals surface area contributed by atoms with Gasteiger partial charge in [0, 0.05) is 30.4 Å². The first kappa shape index (κ1) is 20.6. The Labute approximate surface area is 155 Å². The molecule has 1 saturated carbocycles. The van der Waals surface area contributed by atoms with Crippen LogP contribution in [0.4, 0.5) is 0 Å². The van der Waals surface area contributed by atoms with E-state index in [9.17, 15) is 15.0 Å². The van der Waals surface area contributed by atoms with Crippen molar-refractivity contribution in [1.82, 2.24) is 4.98 Å². The Bertz CT molecular complexity index is 599. The summed E-state index contributed by atoms with van der Waals surface area (Å²) in [5.41, 5.74) is 4.44. The third-order valence-corrected chi connectivity index (χ3v) is 5.21. The Morgan fingerprint density at radius 1 is 1.38 bits per heavy atom. The van der Waals surface area contributed by atoms with E-state index in [0.29, 0.717) is 17.9 Å². The van der Waals surface area contributed by atoms with Gasteiger partial charge in [-0.15, -0.1) is 0 Å². The fourth-order valence-corrected chi connectivity index (χ4v) is 3.51. The standard InChI is InChI=1S/C20H32N2O4/c1-13(2)10-18(21)20(25,19(23)24)12-15-11-17(8-9-22-15)26-16-6-4-14(3)5-7-16/h8-9,11,13-14,16,18,25H,4-7,10,12,21H2,1-3H3,(H,23,24)/t14-,16+,18-,20+/m0/s1. The number of aliphatic hydroxyl groups is 1. The van der Waals surface area contributed by atoms with Crippen LogP contribution >= 0.6 is 0 Å². The van der Waals surface area contributed by atoms with Crippen LogP contribution in [0.5, 0.6) is 5.75 Å². The number of rotatable bonds is 8. The molecule has 1 aliphatic carbocycles. The Kier molecular flexibility index (Phi) is 7.01. The van der Waals surface area contributed by atoms with Crippen LogP contribution in [0.2, 0.25) is 0 Å². The largest absolute Gasteiger partial charge is 0.490 e. The molecule has 6 heteroatoms. The van der Waals surface area contributed by atoms with E-state index in [1.165, 1.54) is 0 Å². The van der Waals surface area contributed by atoms with Gasteiger partial charge >= 0.3 is 5.97 Å². The number of carboxylic acids is 1. The first-order valence-electron chi connectivity index (χ1n) is 9.53. The predicted octanol–water partition coefficient (Wildman–Crippen LogP) is 2.77. The Hall–Kier alpha value is -1.66. The lowest BCUT2D eigenvalue weighted by Gasteiger charge is -2.31. The van der Waals surface area contributed by atoms with Crippen molar-refractivity contribution in [3.63, 3.8) is 0 Å². The van der Waals surface area contributed by atoms with Crippen LogP contribution in [0.15, 0.2) is 18.3 Å². The maximum atomic E-state index is 11.7. The summed E-state index contributed by atoms with van der Waals surface area (Å²) < 4.78 is 6.04. The third kappa shape index (κ3) is 5.42. The maximum absolute atomic E-state index is 11.7. The molecule has 0 bridgehead atoms. The van der Waals surface area contributed by atoms with Crippen molar-refractivity contribution in [3.8, 4) is 5.75 Å². The fraction of sp³-hybridized carbons (Fsp3) is 0.700. The molecule has 1 aromatic heterocycles. The first-order chi connectivity index (χ1) is 12.2. The van der Waals surface area contributed by atoms with Crippen molar-refractivity contribution in [2.45, 2.75) is 77.0 Å². The summed E-state index contributed by atoms with van der Waals surface area (Å²) in [5.74, 6) is 0.280. The van der Waals surface area contributed by atoms with E-state index in [1.54, 1.807) is 18.3 Å². The van der Waals surface area contributed by atoms with Gasteiger partial charge in [0.1, 0.15) is 5.75 Å². The molecule has 1 fully saturated rings. The van der Waals surface area contributed by atoms with Gasteiger partial charge < -0.3 is 20.7 Å². The van der Waals surface area contributed by atoms with Gasteiger partial charge in [-0.3, -0.25) is 4.98 Å². The number of hydrogen-bond acceptors (Lipinski definition) is 5. The zero-order valence-corrected chi connectivity index (χ0v) is 16.0. The quantitative estimate of drug-likeness (QED) is 0.655. The van der Waals surface area contributed by atoms with Gasteiger partial charge in [0.25, 0.3) is 0 Å². The lowest BCUT2D eigenvalue weighted by molar-refractivity contribution is -0.161. The number of nitrogens with two attached hydrogens (primary N) is 1. The number of carboxylic acid groups (broad SMARTS) is 1. The number of hydrogen-bond donors (Lipinski definition) is 3. The van der Waals surface area contributed by atoms with Crippen molar-refractivity contribution in [2.24, 2.45) is 17.6 Å². The minimum Gasteiger partial charge on any atom is -0.490 e. The van der Waals surface area contributed by atoms with Crippen LogP contribution in [-0.4, -0.2) is 38.9 Å². The molecule has 1 aromatic rings. The molecule has 0 amide bonds. The first-order valence-corrected chi connectivity index (χ1v) is 9.53. The molecule has 0 spiro atoms. The van der Waals surface area contributed by atoms with E-state index in [1.807, 2.05) is 13.8 Å². The van der Waals surface area contributed by atoms with Gasteiger partial charge in [0.05, 0.1) is 6.10 Å². The molecular weight excluding hydrogens is 332 g/mol. The summed E-state index contributed by atoms with van der Waals surface area (Å²) in [6.45, 7) is 6.15. The highest BCUT2D eigenvalue weighted by atomic mass is 16.5. The number of aliphatic carboxylic acids is 1. The lowest BCUT2D eigenvalue weighted by Crippen LogP contribution is -2.56. The smallest absolute Gasteiger partial charge is 0.337 e. The minimum absolute atomic E-state index is 0.144. The molecule has 6 nitrogen and oxygen atoms in total. The predicted molar refractivity (Wildman–Crippen MR) is 100 cm³/mol. The fourth-order valence-electron chi connectivity index (χ4n) is 3.51. The summed E-state index contributed by atoms with van der Waals surface area (Å²) in [7, 11) is 0. The topological polar surface area (TPSA) is 106 Å². The van der Waals surface area contributed by atoms with Gasteiger partial charge in [-0.05, 0) is 50.0 Å². The van der Waals surface area contributed by atoms with E-state index in [0.717, 1.165) is 31.6 Å². The van der Waals surface area contributed by atoms with Crippen LogP contribution in [0.3, 0.4) is 0 Å². The zero-order chi connectivity index (χ0) is 19.3. The number of ether oxygens (including phenoxy) is 1. The molecule has 2 atom stereocenters. The number of nitrogens with zero attached hydrogens (tertiary/aromatic N) is 1. The normalized spacial score (nSPS) is 24.1. The van der Waals surface area contributed by atoms with Crippen molar-refractivity contribution >= 4 is 5.97 Å². The Morgan fingerprint density at radius 2 is 2.04 bits per heavy atom. The molecule has 0 radical (unpaired) electrons. The van der Waals surface area contributed by atoms with Gasteiger partial charge in [-0.25, -0.2) is 4.79 Å². The van der Waals surface area contributed by atoms with Gasteiger partial charge in [-0.2, -0.15) is 0 Å². The second kappa shape index (κ2) is 8.82. The van der Waals surface area contributed by atoms with Crippen molar-refractivity contribution in [3.05, 3.63) is 24.0 Å². The van der Waals surface area contributed by atoms with E-state index < -0.39 is 17.6 Å². The molecule has 2 rings (SSSR count). The third-order valence-electron chi connectivity index (χ3n) is 5.21. The monoisotopic (exact) mass is 364 g/mol. The van der Waals surface area contributed by atoms with Crippen LogP contribution in [0.25, 0.3) is 0 Å². The highest BCUT2D eigenvalue weighted by Crippen LogP contribution is 2.28. The van der Waals surface area contributed by atoms with Gasteiger partial charge in [0.2, 0.25) is 0 Å². The molecular formula is C20H32N2O4. The summed E-state index contributed by atoms with van der Waals surface area (Å²) in [5, 5.41) is 20.2. The average molecular weight is 364 g/mol. The molecule has 0 unspecified atom stereocenters. The maximum Gasteiger partial charge on any atom is 0.337 e. The van der Waals surface area contributed by atoms with E-state index in [-0.39, 0.29) is 18.4 Å². The second-order valence-corrected chi connectivity index (χ2v) is 8.12. The van der Waals surface area contributed by atoms with E-state index in [2.05, 4.69) is 11.9 Å². The highest BCUT2D eigenvalue weighted by Gasteiger charge is 2.43. The van der Waals surface area contributed by atoms with Crippen LogP contribution in [0.1, 0.15) is 58.6 Å². The van der Waals surface area contributed by atoms with Crippen LogP contribution in [0, 0.1) is 11.8 Å². The molecule has 4 N–H and O–H groups in total. The molecule has 1 aliphatic rings. The number of aromatic nitrogens is 1.